The minimum Gasteiger partial charge on any atom is -0.276 e. The number of rotatable bonds is 2. The quantitative estimate of drug-likeness (QED) is 0.600. The molecule has 0 fully saturated rings. The van der Waals surface area contributed by atoms with Crippen LogP contribution in [0.3, 0.4) is 0 Å². The number of hydrogen-bond donors (Lipinski definition) is 1. The number of nitrogens with zero attached hydrogens (tertiary/aromatic N) is 3. The zero-order chi connectivity index (χ0) is 15.8. The van der Waals surface area contributed by atoms with Crippen LogP contribution in [0.25, 0.3) is 33.4 Å². The van der Waals surface area contributed by atoms with Crippen molar-refractivity contribution in [2.75, 3.05) is 0 Å². The summed E-state index contributed by atoms with van der Waals surface area (Å²) in [6, 6.07) is 14.4. The number of H-pyrrole nitrogens is 1. The summed E-state index contributed by atoms with van der Waals surface area (Å²) in [5, 5.41) is 8.45. The van der Waals surface area contributed by atoms with E-state index in [2.05, 4.69) is 45.3 Å². The molecule has 0 saturated carbocycles. The van der Waals surface area contributed by atoms with Crippen LogP contribution in [0.15, 0.2) is 54.9 Å². The average molecular weight is 300 g/mol. The molecule has 1 N–H and O–H groups in total. The van der Waals surface area contributed by atoms with Crippen molar-refractivity contribution in [3.8, 4) is 22.5 Å². The fourth-order valence-corrected chi connectivity index (χ4v) is 2.86. The third-order valence-corrected chi connectivity index (χ3v) is 3.97. The Kier molecular flexibility index (Phi) is 3.15. The van der Waals surface area contributed by atoms with Crippen molar-refractivity contribution >= 4 is 10.9 Å². The molecule has 4 nitrogen and oxygen atoms in total. The second kappa shape index (κ2) is 5.32. The molecule has 0 amide bonds. The summed E-state index contributed by atoms with van der Waals surface area (Å²) in [5.74, 6) is 0. The fraction of sp³-hybridized carbons (Fsp3) is 0.105. The van der Waals surface area contributed by atoms with Gasteiger partial charge in [-0.3, -0.25) is 15.1 Å². The summed E-state index contributed by atoms with van der Waals surface area (Å²) in [4.78, 5) is 9.09. The molecule has 0 unspecified atom stereocenters. The van der Waals surface area contributed by atoms with Gasteiger partial charge in [-0.1, -0.05) is 18.2 Å². The van der Waals surface area contributed by atoms with Crippen LogP contribution in [-0.4, -0.2) is 20.2 Å². The van der Waals surface area contributed by atoms with Crippen LogP contribution in [-0.2, 0) is 0 Å². The average Bonchev–Trinajstić information content (AvgIpc) is 3.03. The Bertz CT molecular complexity index is 1000. The number of aromatic nitrogens is 4. The third kappa shape index (κ3) is 2.38. The van der Waals surface area contributed by atoms with Gasteiger partial charge in [0.1, 0.15) is 0 Å². The van der Waals surface area contributed by atoms with E-state index in [1.807, 2.05) is 43.6 Å². The molecule has 0 aliphatic carbocycles. The lowest BCUT2D eigenvalue weighted by Crippen LogP contribution is -1.90. The Morgan fingerprint density at radius 3 is 2.74 bits per heavy atom. The highest BCUT2D eigenvalue weighted by atomic mass is 15.1. The minimum atomic E-state index is 0.898. The van der Waals surface area contributed by atoms with E-state index in [1.165, 1.54) is 5.56 Å². The van der Waals surface area contributed by atoms with Gasteiger partial charge in [0.2, 0.25) is 0 Å². The van der Waals surface area contributed by atoms with Crippen molar-refractivity contribution in [3.63, 3.8) is 0 Å². The SMILES string of the molecule is Cc1ccc2c(-c3cn[nH]c3-c3cccc(C)n3)ccnc2c1. The molecule has 4 heteroatoms. The number of nitrogens with one attached hydrogen (secondary N) is 1. The predicted octanol–water partition coefficient (Wildman–Crippen LogP) is 4.30. The van der Waals surface area contributed by atoms with Gasteiger partial charge in [-0.2, -0.15) is 5.10 Å². The van der Waals surface area contributed by atoms with Crippen molar-refractivity contribution in [2.24, 2.45) is 0 Å². The van der Waals surface area contributed by atoms with Crippen LogP contribution >= 0.6 is 0 Å². The van der Waals surface area contributed by atoms with E-state index in [4.69, 9.17) is 0 Å². The van der Waals surface area contributed by atoms with Crippen LogP contribution in [0.2, 0.25) is 0 Å². The molecule has 1 aromatic carbocycles. The largest absolute Gasteiger partial charge is 0.276 e. The highest BCUT2D eigenvalue weighted by Crippen LogP contribution is 2.33. The standard InChI is InChI=1S/C19H16N4/c1-12-6-7-15-14(8-9-20-18(15)10-12)16-11-21-23-19(16)17-5-3-4-13(2)22-17/h3-11H,1-2H3,(H,21,23). The van der Waals surface area contributed by atoms with Gasteiger partial charge in [0, 0.05) is 22.8 Å². The molecule has 112 valence electrons. The van der Waals surface area contributed by atoms with Gasteiger partial charge in [0.25, 0.3) is 0 Å². The Morgan fingerprint density at radius 2 is 1.87 bits per heavy atom. The first-order valence-corrected chi connectivity index (χ1v) is 7.55. The molecule has 4 rings (SSSR count). The van der Waals surface area contributed by atoms with Crippen molar-refractivity contribution in [2.45, 2.75) is 13.8 Å². The lowest BCUT2D eigenvalue weighted by atomic mass is 9.99. The smallest absolute Gasteiger partial charge is 0.0913 e. The summed E-state index contributed by atoms with van der Waals surface area (Å²) in [6.45, 7) is 4.07. The molecule has 23 heavy (non-hydrogen) atoms. The van der Waals surface area contributed by atoms with Crippen molar-refractivity contribution in [1.82, 2.24) is 20.2 Å². The number of fused-ring (bicyclic) bond motifs is 1. The number of aromatic amines is 1. The second-order valence-corrected chi connectivity index (χ2v) is 5.70. The van der Waals surface area contributed by atoms with Gasteiger partial charge < -0.3 is 0 Å². The summed E-state index contributed by atoms with van der Waals surface area (Å²) in [7, 11) is 0. The van der Waals surface area contributed by atoms with Gasteiger partial charge in [-0.25, -0.2) is 0 Å². The normalized spacial score (nSPS) is 11.0. The second-order valence-electron chi connectivity index (χ2n) is 5.70. The zero-order valence-corrected chi connectivity index (χ0v) is 13.0. The Balaban J connectivity index is 1.95. The minimum absolute atomic E-state index is 0.898. The molecule has 0 bridgehead atoms. The number of aryl methyl sites for hydroxylation is 2. The molecular formula is C19H16N4. The zero-order valence-electron chi connectivity index (χ0n) is 13.0. The third-order valence-electron chi connectivity index (χ3n) is 3.97. The van der Waals surface area contributed by atoms with Crippen LogP contribution in [0.5, 0.6) is 0 Å². The van der Waals surface area contributed by atoms with Crippen molar-refractivity contribution < 1.29 is 0 Å². The van der Waals surface area contributed by atoms with Crippen LogP contribution < -0.4 is 0 Å². The van der Waals surface area contributed by atoms with Crippen molar-refractivity contribution in [1.29, 1.82) is 0 Å². The highest BCUT2D eigenvalue weighted by molar-refractivity contribution is 5.97. The lowest BCUT2D eigenvalue weighted by molar-refractivity contribution is 1.08. The van der Waals surface area contributed by atoms with Gasteiger partial charge in [-0.05, 0) is 49.2 Å². The summed E-state index contributed by atoms with van der Waals surface area (Å²) in [5.41, 5.74) is 7.16. The molecular weight excluding hydrogens is 284 g/mol. The monoisotopic (exact) mass is 300 g/mol. The van der Waals surface area contributed by atoms with E-state index < -0.39 is 0 Å². The maximum atomic E-state index is 4.61. The van der Waals surface area contributed by atoms with Gasteiger partial charge in [0.05, 0.1) is 23.1 Å². The summed E-state index contributed by atoms with van der Waals surface area (Å²) in [6.07, 6.45) is 3.70. The van der Waals surface area contributed by atoms with Crippen molar-refractivity contribution in [3.05, 3.63) is 66.1 Å². The molecule has 3 heterocycles. The van der Waals surface area contributed by atoms with E-state index in [0.29, 0.717) is 0 Å². The topological polar surface area (TPSA) is 54.5 Å². The van der Waals surface area contributed by atoms with Gasteiger partial charge in [-0.15, -0.1) is 0 Å². The van der Waals surface area contributed by atoms with E-state index in [9.17, 15) is 0 Å². The Morgan fingerprint density at radius 1 is 0.957 bits per heavy atom. The Labute approximate surface area is 134 Å². The van der Waals surface area contributed by atoms with Gasteiger partial charge in [0.15, 0.2) is 0 Å². The van der Waals surface area contributed by atoms with Crippen LogP contribution in [0.1, 0.15) is 11.3 Å². The molecule has 0 atom stereocenters. The highest BCUT2D eigenvalue weighted by Gasteiger charge is 2.14. The van der Waals surface area contributed by atoms with E-state index >= 15 is 0 Å². The first-order valence-electron chi connectivity index (χ1n) is 7.55. The molecule has 0 aliphatic heterocycles. The maximum absolute atomic E-state index is 4.61. The fourth-order valence-electron chi connectivity index (χ4n) is 2.86. The van der Waals surface area contributed by atoms with E-state index in [0.717, 1.165) is 39.1 Å². The molecule has 3 aromatic heterocycles. The summed E-state index contributed by atoms with van der Waals surface area (Å²) < 4.78 is 0. The van der Waals surface area contributed by atoms with Gasteiger partial charge >= 0.3 is 0 Å². The number of benzene rings is 1. The maximum Gasteiger partial charge on any atom is 0.0913 e. The first kappa shape index (κ1) is 13.6. The van der Waals surface area contributed by atoms with E-state index in [1.54, 1.807) is 0 Å². The predicted molar refractivity (Wildman–Crippen MR) is 92.0 cm³/mol. The number of hydrogen-bond acceptors (Lipinski definition) is 3. The van der Waals surface area contributed by atoms with Crippen LogP contribution in [0.4, 0.5) is 0 Å². The number of pyridine rings is 2. The first-order chi connectivity index (χ1) is 11.2. The van der Waals surface area contributed by atoms with E-state index in [-0.39, 0.29) is 0 Å². The summed E-state index contributed by atoms with van der Waals surface area (Å²) >= 11 is 0. The van der Waals surface area contributed by atoms with Crippen LogP contribution in [0, 0.1) is 13.8 Å². The Hall–Kier alpha value is -3.01. The lowest BCUT2D eigenvalue weighted by Gasteiger charge is -2.08. The molecule has 0 radical (unpaired) electrons. The molecule has 0 spiro atoms. The molecule has 4 aromatic rings. The molecule has 0 saturated heterocycles. The molecule has 0 aliphatic rings.